The van der Waals surface area contributed by atoms with Crippen molar-refractivity contribution in [1.29, 1.82) is 0 Å². The highest BCUT2D eigenvalue weighted by atomic mass is 16.6. The smallest absolute Gasteiger partial charge is 0.311 e. The minimum absolute atomic E-state index is 0.00342. The quantitative estimate of drug-likeness (QED) is 0.268. The minimum Gasteiger partial charge on any atom is -0.497 e. The van der Waals surface area contributed by atoms with Crippen molar-refractivity contribution in [2.24, 2.45) is 0 Å². The van der Waals surface area contributed by atoms with Gasteiger partial charge in [-0.25, -0.2) is 0 Å². The van der Waals surface area contributed by atoms with Crippen LogP contribution < -0.4 is 14.2 Å². The number of nitro groups is 1. The number of nitrogens with zero attached hydrogens (tertiary/aromatic N) is 1. The molecule has 0 atom stereocenters. The SMILES string of the molecule is C=C(/C=C\C(=C)Oc1cc(Oc2ccc(OC)cc2)ccc1[N+](=O)[O-])OC. The Kier molecular flexibility index (Phi) is 6.60. The fourth-order valence-corrected chi connectivity index (χ4v) is 2.00. The lowest BCUT2D eigenvalue weighted by molar-refractivity contribution is -0.385. The van der Waals surface area contributed by atoms with E-state index in [0.29, 0.717) is 23.0 Å². The van der Waals surface area contributed by atoms with Crippen molar-refractivity contribution in [3.8, 4) is 23.0 Å². The van der Waals surface area contributed by atoms with Crippen molar-refractivity contribution in [1.82, 2.24) is 0 Å². The van der Waals surface area contributed by atoms with Crippen molar-refractivity contribution >= 4 is 5.69 Å². The summed E-state index contributed by atoms with van der Waals surface area (Å²) < 4.78 is 21.2. The molecule has 0 unspecified atom stereocenters. The third-order valence-electron chi connectivity index (χ3n) is 3.38. The van der Waals surface area contributed by atoms with Crippen molar-refractivity contribution in [2.75, 3.05) is 14.2 Å². The van der Waals surface area contributed by atoms with Gasteiger partial charge in [0.1, 0.15) is 28.8 Å². The molecule has 0 aliphatic carbocycles. The van der Waals surface area contributed by atoms with Crippen LogP contribution in [0.25, 0.3) is 0 Å². The second-order valence-electron chi connectivity index (χ2n) is 5.24. The Bertz CT molecular complexity index is 871. The third-order valence-corrected chi connectivity index (χ3v) is 3.38. The fourth-order valence-electron chi connectivity index (χ4n) is 2.00. The molecule has 0 heterocycles. The van der Waals surface area contributed by atoms with Crippen molar-refractivity contribution in [3.63, 3.8) is 0 Å². The lowest BCUT2D eigenvalue weighted by atomic mass is 10.2. The van der Waals surface area contributed by atoms with Gasteiger partial charge >= 0.3 is 5.69 Å². The number of methoxy groups -OCH3 is 2. The van der Waals surface area contributed by atoms with E-state index in [1.54, 1.807) is 31.4 Å². The molecule has 0 aliphatic rings. The highest BCUT2D eigenvalue weighted by molar-refractivity contribution is 5.52. The first-order valence-electron chi connectivity index (χ1n) is 7.81. The van der Waals surface area contributed by atoms with Crippen LogP contribution in [0.2, 0.25) is 0 Å². The van der Waals surface area contributed by atoms with Crippen LogP contribution in [-0.4, -0.2) is 19.1 Å². The van der Waals surface area contributed by atoms with Crippen LogP contribution in [0.1, 0.15) is 0 Å². The number of ether oxygens (including phenoxy) is 4. The van der Waals surface area contributed by atoms with E-state index in [2.05, 4.69) is 13.2 Å². The minimum atomic E-state index is -0.544. The van der Waals surface area contributed by atoms with E-state index in [1.165, 1.54) is 37.5 Å². The Balaban J connectivity index is 2.22. The molecule has 0 spiro atoms. The van der Waals surface area contributed by atoms with Crippen LogP contribution in [0.15, 0.2) is 79.3 Å². The van der Waals surface area contributed by atoms with Gasteiger partial charge in [0, 0.05) is 12.1 Å². The first kappa shape index (κ1) is 19.6. The molecule has 140 valence electrons. The zero-order valence-corrected chi connectivity index (χ0v) is 15.0. The monoisotopic (exact) mass is 369 g/mol. The molecule has 2 rings (SSSR count). The van der Waals surface area contributed by atoms with Crippen molar-refractivity contribution in [3.05, 3.63) is 89.4 Å². The third kappa shape index (κ3) is 5.64. The van der Waals surface area contributed by atoms with E-state index in [9.17, 15) is 10.1 Å². The van der Waals surface area contributed by atoms with Crippen LogP contribution in [0.3, 0.4) is 0 Å². The first-order chi connectivity index (χ1) is 12.9. The summed E-state index contributed by atoms with van der Waals surface area (Å²) in [7, 11) is 3.04. The summed E-state index contributed by atoms with van der Waals surface area (Å²) in [6.07, 6.45) is 3.03. The normalized spacial score (nSPS) is 10.3. The Morgan fingerprint density at radius 1 is 0.963 bits per heavy atom. The van der Waals surface area contributed by atoms with E-state index in [4.69, 9.17) is 18.9 Å². The van der Waals surface area contributed by atoms with Gasteiger partial charge in [-0.3, -0.25) is 10.1 Å². The molecule has 2 aromatic rings. The number of allylic oxidation sites excluding steroid dienone is 2. The standard InChI is InChI=1S/C20H19NO6/c1-14(24-3)5-6-15(2)26-20-13-18(11-12-19(20)21(22)23)27-17-9-7-16(25-4)8-10-17/h5-13H,1-2H2,3-4H3/b6-5-. The highest BCUT2D eigenvalue weighted by Crippen LogP contribution is 2.34. The zero-order chi connectivity index (χ0) is 19.8. The molecule has 0 amide bonds. The summed E-state index contributed by atoms with van der Waals surface area (Å²) >= 11 is 0. The van der Waals surface area contributed by atoms with Crippen LogP contribution in [0.5, 0.6) is 23.0 Å². The van der Waals surface area contributed by atoms with E-state index in [0.717, 1.165) is 0 Å². The summed E-state index contributed by atoms with van der Waals surface area (Å²) in [5.41, 5.74) is -0.211. The number of rotatable bonds is 9. The topological polar surface area (TPSA) is 80.1 Å². The van der Waals surface area contributed by atoms with Gasteiger partial charge in [-0.2, -0.15) is 0 Å². The summed E-state index contributed by atoms with van der Waals surface area (Å²) in [6.45, 7) is 7.33. The van der Waals surface area contributed by atoms with Gasteiger partial charge in [-0.1, -0.05) is 13.2 Å². The zero-order valence-electron chi connectivity index (χ0n) is 15.0. The van der Waals surface area contributed by atoms with Gasteiger partial charge < -0.3 is 18.9 Å². The predicted octanol–water partition coefficient (Wildman–Crippen LogP) is 5.00. The predicted molar refractivity (Wildman–Crippen MR) is 101 cm³/mol. The highest BCUT2D eigenvalue weighted by Gasteiger charge is 2.17. The van der Waals surface area contributed by atoms with Crippen LogP contribution in [-0.2, 0) is 4.74 Å². The molecule has 0 radical (unpaired) electrons. The number of nitro benzene ring substituents is 1. The Morgan fingerprint density at radius 3 is 2.15 bits per heavy atom. The molecule has 7 heteroatoms. The lowest BCUT2D eigenvalue weighted by Gasteiger charge is -2.10. The molecule has 7 nitrogen and oxygen atoms in total. The molecule has 0 aromatic heterocycles. The van der Waals surface area contributed by atoms with Gasteiger partial charge in [0.05, 0.1) is 19.1 Å². The molecule has 2 aromatic carbocycles. The van der Waals surface area contributed by atoms with E-state index < -0.39 is 4.92 Å². The van der Waals surface area contributed by atoms with E-state index >= 15 is 0 Å². The maximum atomic E-state index is 11.2. The number of benzene rings is 2. The molecule has 0 bridgehead atoms. The van der Waals surface area contributed by atoms with Gasteiger partial charge in [0.25, 0.3) is 0 Å². The largest absolute Gasteiger partial charge is 0.497 e. The lowest BCUT2D eigenvalue weighted by Crippen LogP contribution is -1.97. The molecule has 0 saturated heterocycles. The average Bonchev–Trinajstić information content (AvgIpc) is 2.66. The van der Waals surface area contributed by atoms with Gasteiger partial charge in [0.15, 0.2) is 0 Å². The van der Waals surface area contributed by atoms with Crippen molar-refractivity contribution < 1.29 is 23.9 Å². The summed E-state index contributed by atoms with van der Waals surface area (Å²) in [4.78, 5) is 10.7. The summed E-state index contributed by atoms with van der Waals surface area (Å²) in [5.74, 6) is 2.19. The second kappa shape index (κ2) is 9.10. The Hall–Kier alpha value is -3.74. The summed E-state index contributed by atoms with van der Waals surface area (Å²) in [5, 5.41) is 11.2. The van der Waals surface area contributed by atoms with Crippen LogP contribution in [0, 0.1) is 10.1 Å². The molecular weight excluding hydrogens is 350 g/mol. The fraction of sp³-hybridized carbons (Fsp3) is 0.100. The average molecular weight is 369 g/mol. The molecule has 0 fully saturated rings. The van der Waals surface area contributed by atoms with Gasteiger partial charge in [-0.05, 0) is 42.5 Å². The van der Waals surface area contributed by atoms with E-state index in [1.807, 2.05) is 0 Å². The molecule has 27 heavy (non-hydrogen) atoms. The maximum Gasteiger partial charge on any atom is 0.311 e. The Labute approximate surface area is 156 Å². The molecule has 0 N–H and O–H groups in total. The van der Waals surface area contributed by atoms with E-state index in [-0.39, 0.29) is 17.2 Å². The van der Waals surface area contributed by atoms with Gasteiger partial charge in [-0.15, -0.1) is 0 Å². The molecule has 0 aliphatic heterocycles. The van der Waals surface area contributed by atoms with Crippen molar-refractivity contribution in [2.45, 2.75) is 0 Å². The van der Waals surface area contributed by atoms with Crippen LogP contribution >= 0.6 is 0 Å². The second-order valence-corrected chi connectivity index (χ2v) is 5.24. The maximum absolute atomic E-state index is 11.2. The number of hydrogen-bond acceptors (Lipinski definition) is 6. The summed E-state index contributed by atoms with van der Waals surface area (Å²) in [6, 6.07) is 11.1. The molecular formula is C20H19NO6. The Morgan fingerprint density at radius 2 is 1.56 bits per heavy atom. The molecule has 0 saturated carbocycles. The van der Waals surface area contributed by atoms with Crippen LogP contribution in [0.4, 0.5) is 5.69 Å². The number of hydrogen-bond donors (Lipinski definition) is 0. The van der Waals surface area contributed by atoms with Gasteiger partial charge in [0.2, 0.25) is 5.75 Å². The first-order valence-corrected chi connectivity index (χ1v) is 7.81.